The minimum atomic E-state index is -0.432. The zero-order valence-corrected chi connectivity index (χ0v) is 10.3. The number of carbonyl (C=O) groups is 1. The maximum Gasteiger partial charge on any atom is 0.300 e. The molecule has 2 heterocycles. The van der Waals surface area contributed by atoms with Crippen molar-refractivity contribution in [2.24, 2.45) is 5.84 Å². The van der Waals surface area contributed by atoms with E-state index in [0.29, 0.717) is 12.3 Å². The fraction of sp³-hybridized carbons (Fsp3) is 0.583. The highest BCUT2D eigenvalue weighted by atomic mass is 16.4. The number of piperidine rings is 1. The van der Waals surface area contributed by atoms with Crippen molar-refractivity contribution < 1.29 is 14.3 Å². The molecule has 1 amide bonds. The summed E-state index contributed by atoms with van der Waals surface area (Å²) in [5.41, 5.74) is 2.03. The van der Waals surface area contributed by atoms with Crippen LogP contribution in [0.15, 0.2) is 16.5 Å². The molecular formula is C12H19N3O3. The van der Waals surface area contributed by atoms with Crippen molar-refractivity contribution in [1.82, 2.24) is 10.3 Å². The lowest BCUT2D eigenvalue weighted by atomic mass is 10.0. The molecule has 0 aromatic carbocycles. The third kappa shape index (κ3) is 2.90. The fourth-order valence-electron chi connectivity index (χ4n) is 2.33. The van der Waals surface area contributed by atoms with Crippen LogP contribution in [0.4, 0.5) is 0 Å². The van der Waals surface area contributed by atoms with Crippen LogP contribution in [0.5, 0.6) is 0 Å². The van der Waals surface area contributed by atoms with E-state index in [1.54, 1.807) is 12.1 Å². The summed E-state index contributed by atoms with van der Waals surface area (Å²) >= 11 is 0. The van der Waals surface area contributed by atoms with Gasteiger partial charge in [-0.3, -0.25) is 15.1 Å². The molecule has 1 atom stereocenters. The molecule has 1 fully saturated rings. The number of rotatable bonds is 4. The quantitative estimate of drug-likeness (QED) is 0.406. The van der Waals surface area contributed by atoms with E-state index in [4.69, 9.17) is 10.3 Å². The number of nitrogens with one attached hydrogen (secondary N) is 1. The van der Waals surface area contributed by atoms with E-state index in [0.717, 1.165) is 25.8 Å². The van der Waals surface area contributed by atoms with E-state index in [9.17, 15) is 9.90 Å². The third-order valence-electron chi connectivity index (χ3n) is 3.34. The number of nitrogens with zero attached hydrogens (tertiary/aromatic N) is 1. The Morgan fingerprint density at radius 1 is 1.56 bits per heavy atom. The molecule has 18 heavy (non-hydrogen) atoms. The first-order chi connectivity index (χ1) is 8.74. The summed E-state index contributed by atoms with van der Waals surface area (Å²) in [5.74, 6) is 5.54. The lowest BCUT2D eigenvalue weighted by Crippen LogP contribution is -2.41. The Balaban J connectivity index is 1.99. The second-order valence-corrected chi connectivity index (χ2v) is 4.54. The van der Waals surface area contributed by atoms with E-state index in [1.807, 2.05) is 5.43 Å². The summed E-state index contributed by atoms with van der Waals surface area (Å²) in [7, 11) is 0. The molecule has 1 aromatic rings. The lowest BCUT2D eigenvalue weighted by molar-refractivity contribution is 0.0767. The summed E-state index contributed by atoms with van der Waals surface area (Å²) in [4.78, 5) is 13.4. The fourth-order valence-corrected chi connectivity index (χ4v) is 2.33. The molecule has 0 bridgehead atoms. The van der Waals surface area contributed by atoms with Crippen molar-refractivity contribution in [2.75, 3.05) is 13.2 Å². The van der Waals surface area contributed by atoms with Crippen LogP contribution in [-0.4, -0.2) is 35.1 Å². The van der Waals surface area contributed by atoms with Crippen LogP contribution in [0.3, 0.4) is 0 Å². The van der Waals surface area contributed by atoms with E-state index >= 15 is 0 Å². The lowest BCUT2D eigenvalue weighted by Gasteiger charge is -2.33. The van der Waals surface area contributed by atoms with Gasteiger partial charge in [0.25, 0.3) is 0 Å². The monoisotopic (exact) mass is 253 g/mol. The molecule has 1 aliphatic rings. The molecule has 6 heteroatoms. The molecule has 1 aromatic heterocycles. The number of nitrogen functional groups attached to an aromatic ring is 1. The largest absolute Gasteiger partial charge is 0.455 e. The zero-order chi connectivity index (χ0) is 13.0. The van der Waals surface area contributed by atoms with Crippen LogP contribution in [0.2, 0.25) is 0 Å². The summed E-state index contributed by atoms with van der Waals surface area (Å²) < 4.78 is 5.42. The second-order valence-electron chi connectivity index (χ2n) is 4.54. The van der Waals surface area contributed by atoms with Gasteiger partial charge in [-0.05, 0) is 31.5 Å². The Labute approximate surface area is 106 Å². The van der Waals surface area contributed by atoms with E-state index in [2.05, 4.69) is 4.90 Å². The number of hydrogen-bond donors (Lipinski definition) is 3. The van der Waals surface area contributed by atoms with Crippen LogP contribution in [-0.2, 0) is 6.54 Å². The van der Waals surface area contributed by atoms with Crippen LogP contribution in [0.25, 0.3) is 0 Å². The molecule has 6 nitrogen and oxygen atoms in total. The number of likely N-dealkylation sites (tertiary alicyclic amines) is 1. The maximum absolute atomic E-state index is 11.3. The standard InChI is InChI=1S/C12H19N3O3/c13-14-12(17)11-5-4-10(18-11)7-15-6-2-1-3-9(15)8-16/h4-5,9,16H,1-3,6-8,13H2,(H,14,17). The average molecular weight is 253 g/mol. The Morgan fingerprint density at radius 3 is 3.11 bits per heavy atom. The van der Waals surface area contributed by atoms with Gasteiger partial charge in [0.1, 0.15) is 5.76 Å². The first kappa shape index (κ1) is 13.1. The zero-order valence-electron chi connectivity index (χ0n) is 10.3. The van der Waals surface area contributed by atoms with Crippen molar-refractivity contribution >= 4 is 5.91 Å². The SMILES string of the molecule is NNC(=O)c1ccc(CN2CCCCC2CO)o1. The van der Waals surface area contributed by atoms with Crippen molar-refractivity contribution in [3.8, 4) is 0 Å². The molecule has 0 saturated carbocycles. The molecule has 1 saturated heterocycles. The van der Waals surface area contributed by atoms with E-state index in [-0.39, 0.29) is 18.4 Å². The number of amides is 1. The highest BCUT2D eigenvalue weighted by Crippen LogP contribution is 2.20. The number of hydrazine groups is 1. The summed E-state index contributed by atoms with van der Waals surface area (Å²) in [5, 5.41) is 9.32. The molecule has 1 unspecified atom stereocenters. The number of furan rings is 1. The van der Waals surface area contributed by atoms with Crippen LogP contribution in [0.1, 0.15) is 35.6 Å². The van der Waals surface area contributed by atoms with Gasteiger partial charge >= 0.3 is 5.91 Å². The van der Waals surface area contributed by atoms with Gasteiger partial charge in [0.15, 0.2) is 5.76 Å². The van der Waals surface area contributed by atoms with Crippen LogP contribution >= 0.6 is 0 Å². The van der Waals surface area contributed by atoms with Crippen LogP contribution < -0.4 is 11.3 Å². The van der Waals surface area contributed by atoms with E-state index < -0.39 is 5.91 Å². The molecule has 2 rings (SSSR count). The number of hydrogen-bond acceptors (Lipinski definition) is 5. The normalized spacial score (nSPS) is 20.9. The van der Waals surface area contributed by atoms with Gasteiger partial charge in [-0.1, -0.05) is 6.42 Å². The Bertz CT molecular complexity index is 405. The van der Waals surface area contributed by atoms with Crippen molar-refractivity contribution in [2.45, 2.75) is 31.8 Å². The molecule has 0 aliphatic carbocycles. The Kier molecular flexibility index (Phi) is 4.35. The van der Waals surface area contributed by atoms with Crippen LogP contribution in [0, 0.1) is 0 Å². The number of aliphatic hydroxyl groups excluding tert-OH is 1. The Morgan fingerprint density at radius 2 is 2.39 bits per heavy atom. The summed E-state index contributed by atoms with van der Waals surface area (Å²) in [6, 6.07) is 3.57. The third-order valence-corrected chi connectivity index (χ3v) is 3.34. The molecule has 0 spiro atoms. The van der Waals surface area contributed by atoms with Gasteiger partial charge in [0, 0.05) is 6.04 Å². The van der Waals surface area contributed by atoms with Crippen molar-refractivity contribution in [1.29, 1.82) is 0 Å². The predicted octanol–water partition coefficient (Wildman–Crippen LogP) is 0.230. The molecule has 1 aliphatic heterocycles. The second kappa shape index (κ2) is 5.99. The van der Waals surface area contributed by atoms with Gasteiger partial charge in [-0.15, -0.1) is 0 Å². The molecule has 4 N–H and O–H groups in total. The maximum atomic E-state index is 11.3. The minimum Gasteiger partial charge on any atom is -0.455 e. The highest BCUT2D eigenvalue weighted by Gasteiger charge is 2.22. The van der Waals surface area contributed by atoms with Gasteiger partial charge in [0.05, 0.1) is 13.2 Å². The first-order valence-corrected chi connectivity index (χ1v) is 6.19. The van der Waals surface area contributed by atoms with Crippen molar-refractivity contribution in [3.05, 3.63) is 23.7 Å². The Hall–Kier alpha value is -1.37. The van der Waals surface area contributed by atoms with Gasteiger partial charge in [-0.2, -0.15) is 0 Å². The topological polar surface area (TPSA) is 91.7 Å². The predicted molar refractivity (Wildman–Crippen MR) is 65.5 cm³/mol. The number of nitrogens with two attached hydrogens (primary N) is 1. The first-order valence-electron chi connectivity index (χ1n) is 6.19. The minimum absolute atomic E-state index is 0.164. The molecule has 0 radical (unpaired) electrons. The van der Waals surface area contributed by atoms with Gasteiger partial charge in [0.2, 0.25) is 0 Å². The number of carbonyl (C=O) groups excluding carboxylic acids is 1. The van der Waals surface area contributed by atoms with Gasteiger partial charge in [-0.25, -0.2) is 5.84 Å². The van der Waals surface area contributed by atoms with Gasteiger partial charge < -0.3 is 9.52 Å². The smallest absolute Gasteiger partial charge is 0.300 e. The molecule has 100 valence electrons. The molecular weight excluding hydrogens is 234 g/mol. The number of aliphatic hydroxyl groups is 1. The van der Waals surface area contributed by atoms with Crippen molar-refractivity contribution in [3.63, 3.8) is 0 Å². The average Bonchev–Trinajstić information content (AvgIpc) is 2.87. The van der Waals surface area contributed by atoms with E-state index in [1.165, 1.54) is 0 Å². The summed E-state index contributed by atoms with van der Waals surface area (Å²) in [6.45, 7) is 1.73. The highest BCUT2D eigenvalue weighted by molar-refractivity contribution is 5.90. The summed E-state index contributed by atoms with van der Waals surface area (Å²) in [6.07, 6.45) is 3.29.